The Labute approximate surface area is 197 Å². The van der Waals surface area contributed by atoms with Crippen LogP contribution in [0.1, 0.15) is 44.2 Å². The molecule has 2 aromatic rings. The van der Waals surface area contributed by atoms with Gasteiger partial charge in [0.15, 0.2) is 0 Å². The molecule has 0 spiro atoms. The van der Waals surface area contributed by atoms with E-state index in [1.165, 1.54) is 40.9 Å². The molecular weight excluding hydrogens is 454 g/mol. The molecule has 2 rings (SSSR count). The Balaban J connectivity index is 2.13. The SMILES string of the molecule is CCCCNC(=O)[C@H](CC)N(Cc1ccc(F)cc1)C(=O)CSCc1c(F)cccc1Cl. The Morgan fingerprint density at radius 1 is 1.12 bits per heavy atom. The Bertz CT molecular complexity index is 876. The summed E-state index contributed by atoms with van der Waals surface area (Å²) in [5.41, 5.74) is 1.07. The minimum Gasteiger partial charge on any atom is -0.354 e. The van der Waals surface area contributed by atoms with E-state index in [1.54, 1.807) is 18.2 Å². The predicted octanol–water partition coefficient (Wildman–Crippen LogP) is 5.58. The lowest BCUT2D eigenvalue weighted by Crippen LogP contribution is -2.49. The average molecular weight is 483 g/mol. The van der Waals surface area contributed by atoms with E-state index >= 15 is 0 Å². The fourth-order valence-corrected chi connectivity index (χ4v) is 4.45. The van der Waals surface area contributed by atoms with Crippen molar-refractivity contribution in [1.82, 2.24) is 10.2 Å². The van der Waals surface area contributed by atoms with Crippen LogP contribution in [0.5, 0.6) is 0 Å². The number of carbonyl (C=O) groups excluding carboxylic acids is 2. The standard InChI is InChI=1S/C24H29ClF2N2O2S/c1-3-5-13-28-24(31)22(4-2)29(14-17-9-11-18(26)12-10-17)23(30)16-32-15-19-20(25)7-6-8-21(19)27/h6-12,22H,3-5,13-16H2,1-2H3,(H,28,31)/t22-/m0/s1. The number of nitrogens with zero attached hydrogens (tertiary/aromatic N) is 1. The number of rotatable bonds is 12. The second kappa shape index (κ2) is 13.4. The largest absolute Gasteiger partial charge is 0.354 e. The molecule has 0 aliphatic carbocycles. The van der Waals surface area contributed by atoms with Crippen LogP contribution in [0.15, 0.2) is 42.5 Å². The van der Waals surface area contributed by atoms with Crippen molar-refractivity contribution in [3.05, 3.63) is 70.2 Å². The van der Waals surface area contributed by atoms with Gasteiger partial charge in [-0.25, -0.2) is 8.78 Å². The van der Waals surface area contributed by atoms with Crippen LogP contribution in [0.25, 0.3) is 0 Å². The maximum atomic E-state index is 14.0. The quantitative estimate of drug-likeness (QED) is 0.402. The van der Waals surface area contributed by atoms with Crippen LogP contribution < -0.4 is 5.32 Å². The zero-order valence-corrected chi connectivity index (χ0v) is 19.9. The highest BCUT2D eigenvalue weighted by Crippen LogP contribution is 2.24. The van der Waals surface area contributed by atoms with E-state index in [-0.39, 0.29) is 35.7 Å². The Hall–Kier alpha value is -2.12. The number of thioether (sulfide) groups is 1. The third-order valence-corrected chi connectivity index (χ3v) is 6.31. The smallest absolute Gasteiger partial charge is 0.242 e. The van der Waals surface area contributed by atoms with Gasteiger partial charge in [0.2, 0.25) is 11.8 Å². The van der Waals surface area contributed by atoms with Gasteiger partial charge >= 0.3 is 0 Å². The molecule has 0 radical (unpaired) electrons. The molecule has 2 aromatic carbocycles. The fraction of sp³-hybridized carbons (Fsp3) is 0.417. The number of halogens is 3. The number of benzene rings is 2. The van der Waals surface area contributed by atoms with Crippen molar-refractivity contribution in [2.24, 2.45) is 0 Å². The zero-order valence-electron chi connectivity index (χ0n) is 18.4. The van der Waals surface area contributed by atoms with Crippen LogP contribution in [0, 0.1) is 11.6 Å². The molecule has 0 aliphatic heterocycles. The Morgan fingerprint density at radius 2 is 1.84 bits per heavy atom. The second-order valence-electron chi connectivity index (χ2n) is 7.41. The summed E-state index contributed by atoms with van der Waals surface area (Å²) in [5.74, 6) is -0.940. The Kier molecular flexibility index (Phi) is 11.0. The van der Waals surface area contributed by atoms with E-state index in [4.69, 9.17) is 11.6 Å². The third kappa shape index (κ3) is 7.78. The van der Waals surface area contributed by atoms with Gasteiger partial charge in [-0.2, -0.15) is 0 Å². The molecule has 0 saturated heterocycles. The van der Waals surface area contributed by atoms with Gasteiger partial charge in [0.1, 0.15) is 17.7 Å². The topological polar surface area (TPSA) is 49.4 Å². The maximum absolute atomic E-state index is 14.0. The zero-order chi connectivity index (χ0) is 23.5. The molecule has 0 aromatic heterocycles. The van der Waals surface area contributed by atoms with E-state index in [2.05, 4.69) is 5.32 Å². The van der Waals surface area contributed by atoms with Crippen molar-refractivity contribution in [3.63, 3.8) is 0 Å². The highest BCUT2D eigenvalue weighted by atomic mass is 35.5. The summed E-state index contributed by atoms with van der Waals surface area (Å²) in [4.78, 5) is 27.4. The van der Waals surface area contributed by atoms with Gasteiger partial charge in [0.25, 0.3) is 0 Å². The molecule has 32 heavy (non-hydrogen) atoms. The molecule has 1 atom stereocenters. The van der Waals surface area contributed by atoms with Gasteiger partial charge in [-0.3, -0.25) is 9.59 Å². The number of hydrogen-bond acceptors (Lipinski definition) is 3. The van der Waals surface area contributed by atoms with E-state index in [1.807, 2.05) is 13.8 Å². The average Bonchev–Trinajstić information content (AvgIpc) is 2.77. The van der Waals surface area contributed by atoms with Crippen molar-refractivity contribution in [2.75, 3.05) is 12.3 Å². The maximum Gasteiger partial charge on any atom is 0.242 e. The van der Waals surface area contributed by atoms with Crippen LogP contribution in [0.3, 0.4) is 0 Å². The molecule has 8 heteroatoms. The van der Waals surface area contributed by atoms with Crippen LogP contribution in [-0.2, 0) is 21.9 Å². The minimum atomic E-state index is -0.651. The second-order valence-corrected chi connectivity index (χ2v) is 8.80. The van der Waals surface area contributed by atoms with Crippen molar-refractivity contribution in [1.29, 1.82) is 0 Å². The molecule has 0 saturated carbocycles. The van der Waals surface area contributed by atoms with E-state index < -0.39 is 11.9 Å². The highest BCUT2D eigenvalue weighted by Gasteiger charge is 2.28. The predicted molar refractivity (Wildman–Crippen MR) is 127 cm³/mol. The third-order valence-electron chi connectivity index (χ3n) is 5.02. The van der Waals surface area contributed by atoms with Gasteiger partial charge in [0.05, 0.1) is 5.75 Å². The van der Waals surface area contributed by atoms with Crippen molar-refractivity contribution in [2.45, 2.75) is 51.4 Å². The van der Waals surface area contributed by atoms with Crippen LogP contribution in [0.2, 0.25) is 5.02 Å². The molecule has 0 heterocycles. The summed E-state index contributed by atoms with van der Waals surface area (Å²) in [7, 11) is 0. The first-order valence-electron chi connectivity index (χ1n) is 10.7. The summed E-state index contributed by atoms with van der Waals surface area (Å²) in [6, 6.07) is 9.68. The fourth-order valence-electron chi connectivity index (χ4n) is 3.21. The number of amides is 2. The van der Waals surface area contributed by atoms with Gasteiger partial charge in [-0.05, 0) is 42.7 Å². The van der Waals surface area contributed by atoms with Crippen LogP contribution in [0.4, 0.5) is 8.78 Å². The number of hydrogen-bond donors (Lipinski definition) is 1. The lowest BCUT2D eigenvalue weighted by Gasteiger charge is -2.30. The number of nitrogens with one attached hydrogen (secondary N) is 1. The van der Waals surface area contributed by atoms with Gasteiger partial charge in [-0.15, -0.1) is 11.8 Å². The molecule has 0 aliphatic rings. The molecule has 0 bridgehead atoms. The lowest BCUT2D eigenvalue weighted by atomic mass is 10.1. The molecule has 1 N–H and O–H groups in total. The summed E-state index contributed by atoms with van der Waals surface area (Å²) in [6.45, 7) is 4.61. The summed E-state index contributed by atoms with van der Waals surface area (Å²) >= 11 is 7.31. The van der Waals surface area contributed by atoms with Gasteiger partial charge in [0, 0.05) is 29.4 Å². The summed E-state index contributed by atoms with van der Waals surface area (Å²) < 4.78 is 27.3. The van der Waals surface area contributed by atoms with E-state index in [9.17, 15) is 18.4 Å². The molecule has 0 fully saturated rings. The van der Waals surface area contributed by atoms with Crippen molar-refractivity contribution >= 4 is 35.2 Å². The summed E-state index contributed by atoms with van der Waals surface area (Å²) in [6.07, 6.45) is 2.24. The molecule has 174 valence electrons. The van der Waals surface area contributed by atoms with Crippen LogP contribution in [-0.4, -0.2) is 35.1 Å². The first-order chi connectivity index (χ1) is 15.4. The first-order valence-corrected chi connectivity index (χ1v) is 12.2. The van der Waals surface area contributed by atoms with E-state index in [0.29, 0.717) is 23.6 Å². The van der Waals surface area contributed by atoms with E-state index in [0.717, 1.165) is 18.4 Å². The van der Waals surface area contributed by atoms with Crippen molar-refractivity contribution < 1.29 is 18.4 Å². The van der Waals surface area contributed by atoms with Gasteiger partial charge < -0.3 is 10.2 Å². The monoisotopic (exact) mass is 482 g/mol. The molecule has 4 nitrogen and oxygen atoms in total. The number of unbranched alkanes of at least 4 members (excludes halogenated alkanes) is 1. The molecule has 0 unspecified atom stereocenters. The molecular formula is C24H29ClF2N2O2S. The first kappa shape index (κ1) is 26.1. The minimum absolute atomic E-state index is 0.0601. The number of carbonyl (C=O) groups is 2. The summed E-state index contributed by atoms with van der Waals surface area (Å²) in [5, 5.41) is 3.21. The highest BCUT2D eigenvalue weighted by molar-refractivity contribution is 7.99. The lowest BCUT2D eigenvalue weighted by molar-refractivity contribution is -0.139. The van der Waals surface area contributed by atoms with Crippen molar-refractivity contribution in [3.8, 4) is 0 Å². The normalized spacial score (nSPS) is 11.8. The van der Waals surface area contributed by atoms with Crippen LogP contribution >= 0.6 is 23.4 Å². The molecule has 2 amide bonds. The Morgan fingerprint density at radius 3 is 2.47 bits per heavy atom. The van der Waals surface area contributed by atoms with Gasteiger partial charge in [-0.1, -0.05) is 50.1 Å².